The monoisotopic (exact) mass is 570 g/mol. The summed E-state index contributed by atoms with van der Waals surface area (Å²) in [5, 5.41) is 2.44. The summed E-state index contributed by atoms with van der Waals surface area (Å²) in [5.41, 5.74) is -1.85. The van der Waals surface area contributed by atoms with E-state index >= 15 is 0 Å². The number of benzene rings is 1. The predicted molar refractivity (Wildman–Crippen MR) is 123 cm³/mol. The minimum Gasteiger partial charge on any atom is -0.496 e. The van der Waals surface area contributed by atoms with Crippen LogP contribution in [0.15, 0.2) is 47.0 Å². The molecule has 3 rings (SSSR count). The zero-order valence-electron chi connectivity index (χ0n) is 19.3. The summed E-state index contributed by atoms with van der Waals surface area (Å²) < 4.78 is 124. The number of nitrogens with zero attached hydrogens (tertiary/aromatic N) is 3. The van der Waals surface area contributed by atoms with Crippen LogP contribution in [0.1, 0.15) is 11.3 Å². The van der Waals surface area contributed by atoms with Crippen LogP contribution in [-0.2, 0) is 26.8 Å². The van der Waals surface area contributed by atoms with Gasteiger partial charge < -0.3 is 14.6 Å². The summed E-state index contributed by atoms with van der Waals surface area (Å²) in [7, 11) is -2.82. The molecular weight excluding hydrogens is 552 g/mol. The number of thiol groups is 1. The first-order valence-corrected chi connectivity index (χ1v) is 12.6. The molecule has 7 nitrogen and oxygen atoms in total. The number of carbonyl (C=O) groups is 1. The Labute approximate surface area is 210 Å². The van der Waals surface area contributed by atoms with Crippen molar-refractivity contribution in [2.45, 2.75) is 18.1 Å². The molecule has 0 bridgehead atoms. The van der Waals surface area contributed by atoms with Crippen molar-refractivity contribution in [3.8, 4) is 16.9 Å². The highest BCUT2D eigenvalue weighted by molar-refractivity contribution is 7.98. The van der Waals surface area contributed by atoms with E-state index < -0.39 is 57.3 Å². The van der Waals surface area contributed by atoms with Gasteiger partial charge in [0, 0.05) is 22.9 Å². The number of amides is 1. The van der Waals surface area contributed by atoms with Crippen LogP contribution >= 0.6 is 0 Å². The standard InChI is InChI=1S/C22H18F8N4O3S/c1-37-16-7-12(23)3-4-13(16)14-8-18(31-9-15(14)24)33-19-6-11(5-17(32-19)21(25,26)27)10-38(2,36)34-20(35)22(28,29)30/h3-9,38H,10H2,1-2H3,(H,31,32,33)(H,34,35,36). The van der Waals surface area contributed by atoms with Crippen molar-refractivity contribution in [1.29, 1.82) is 0 Å². The predicted octanol–water partition coefficient (Wildman–Crippen LogP) is 5.95. The number of hydrogen-bond acceptors (Lipinski definition) is 5. The number of carbonyl (C=O) groups excluding carboxylic acids is 1. The minimum atomic E-state index is -5.37. The van der Waals surface area contributed by atoms with E-state index in [9.17, 15) is 44.5 Å². The largest absolute Gasteiger partial charge is 0.496 e. The Morgan fingerprint density at radius 2 is 1.74 bits per heavy atom. The van der Waals surface area contributed by atoms with Gasteiger partial charge in [-0.3, -0.25) is 4.79 Å². The van der Waals surface area contributed by atoms with Gasteiger partial charge >= 0.3 is 18.3 Å². The molecule has 38 heavy (non-hydrogen) atoms. The van der Waals surface area contributed by atoms with Crippen LogP contribution in [0.25, 0.3) is 11.1 Å². The second-order valence-corrected chi connectivity index (χ2v) is 10.6. The number of hydrogen-bond donors (Lipinski definition) is 3. The molecule has 1 aromatic carbocycles. The molecular formula is C22H18F8N4O3S. The van der Waals surface area contributed by atoms with Gasteiger partial charge in [-0.05, 0) is 42.2 Å². The fourth-order valence-electron chi connectivity index (χ4n) is 3.25. The van der Waals surface area contributed by atoms with Crippen LogP contribution in [0.4, 0.5) is 46.8 Å². The maximum atomic E-state index is 14.5. The molecule has 1 amide bonds. The zero-order chi connectivity index (χ0) is 28.5. The van der Waals surface area contributed by atoms with Crippen molar-refractivity contribution in [1.82, 2.24) is 9.97 Å². The third-order valence-corrected chi connectivity index (χ3v) is 6.35. The van der Waals surface area contributed by atoms with E-state index in [-0.39, 0.29) is 28.3 Å². The Hall–Kier alpha value is -3.66. The summed E-state index contributed by atoms with van der Waals surface area (Å²) in [6.07, 6.45) is -8.81. The van der Waals surface area contributed by atoms with Crippen molar-refractivity contribution in [2.75, 3.05) is 18.7 Å². The van der Waals surface area contributed by atoms with Crippen molar-refractivity contribution < 1.29 is 49.2 Å². The SMILES string of the molecule is COc1cc(F)ccc1-c1cc(Nc2cc(C[SH](C)(O)=NC(=O)C(F)(F)F)cc(C(F)(F)F)n2)ncc1F. The number of ether oxygens (including phenoxy) is 1. The van der Waals surface area contributed by atoms with E-state index in [0.29, 0.717) is 6.07 Å². The summed E-state index contributed by atoms with van der Waals surface area (Å²) in [5.74, 6) is -5.67. The van der Waals surface area contributed by atoms with Gasteiger partial charge in [0.05, 0.1) is 13.3 Å². The highest BCUT2D eigenvalue weighted by Gasteiger charge is 2.39. The van der Waals surface area contributed by atoms with E-state index in [1.165, 1.54) is 13.2 Å². The average molecular weight is 570 g/mol. The van der Waals surface area contributed by atoms with Crippen LogP contribution in [0.3, 0.4) is 0 Å². The lowest BCUT2D eigenvalue weighted by Crippen LogP contribution is -2.24. The second-order valence-electron chi connectivity index (χ2n) is 7.91. The lowest BCUT2D eigenvalue weighted by molar-refractivity contribution is -0.169. The molecule has 206 valence electrons. The number of pyridine rings is 2. The number of nitrogens with one attached hydrogen (secondary N) is 1. The molecule has 0 atom stereocenters. The quantitative estimate of drug-likeness (QED) is 0.250. The first kappa shape index (κ1) is 28.9. The third-order valence-electron chi connectivity index (χ3n) is 4.77. The Bertz CT molecular complexity index is 1420. The van der Waals surface area contributed by atoms with Crippen molar-refractivity contribution in [2.24, 2.45) is 4.36 Å². The van der Waals surface area contributed by atoms with Gasteiger partial charge in [-0.2, -0.15) is 30.7 Å². The molecule has 16 heteroatoms. The van der Waals surface area contributed by atoms with Crippen LogP contribution < -0.4 is 10.1 Å². The van der Waals surface area contributed by atoms with E-state index in [1.807, 2.05) is 0 Å². The van der Waals surface area contributed by atoms with Crippen LogP contribution in [0, 0.1) is 11.6 Å². The minimum absolute atomic E-state index is 0.0381. The van der Waals surface area contributed by atoms with Gasteiger partial charge in [-0.15, -0.1) is 10.1 Å². The normalized spacial score (nSPS) is 12.7. The molecule has 2 aromatic heterocycles. The third kappa shape index (κ3) is 7.22. The summed E-state index contributed by atoms with van der Waals surface area (Å²) in [4.78, 5) is 18.3. The Balaban J connectivity index is 2.03. The fourth-order valence-corrected chi connectivity index (χ4v) is 4.70. The van der Waals surface area contributed by atoms with Crippen LogP contribution in [0.2, 0.25) is 0 Å². The maximum Gasteiger partial charge on any atom is 0.474 e. The smallest absolute Gasteiger partial charge is 0.474 e. The first-order valence-electron chi connectivity index (χ1n) is 10.3. The summed E-state index contributed by atoms with van der Waals surface area (Å²) in [6, 6.07) is 5.80. The molecule has 2 N–H and O–H groups in total. The number of anilines is 2. The number of aromatic nitrogens is 2. The lowest BCUT2D eigenvalue weighted by atomic mass is 10.0. The Kier molecular flexibility index (Phi) is 8.07. The van der Waals surface area contributed by atoms with Crippen molar-refractivity contribution in [3.63, 3.8) is 0 Å². The van der Waals surface area contributed by atoms with Gasteiger partial charge in [-0.25, -0.2) is 18.7 Å². The number of halogens is 8. The van der Waals surface area contributed by atoms with Gasteiger partial charge in [0.1, 0.15) is 34.7 Å². The van der Waals surface area contributed by atoms with Gasteiger partial charge in [0.15, 0.2) is 0 Å². The molecule has 3 aromatic rings. The first-order chi connectivity index (χ1) is 17.5. The molecule has 0 unspecified atom stereocenters. The van der Waals surface area contributed by atoms with E-state index in [0.717, 1.165) is 36.7 Å². The van der Waals surface area contributed by atoms with E-state index in [1.54, 1.807) is 0 Å². The van der Waals surface area contributed by atoms with E-state index in [2.05, 4.69) is 19.6 Å². The molecule has 0 aliphatic rings. The van der Waals surface area contributed by atoms with Gasteiger partial charge in [0.2, 0.25) is 0 Å². The molecule has 0 saturated carbocycles. The summed E-state index contributed by atoms with van der Waals surface area (Å²) in [6.45, 7) is 0. The summed E-state index contributed by atoms with van der Waals surface area (Å²) >= 11 is 0. The van der Waals surface area contributed by atoms with E-state index in [4.69, 9.17) is 4.74 Å². The maximum absolute atomic E-state index is 14.5. The molecule has 0 fully saturated rings. The lowest BCUT2D eigenvalue weighted by Gasteiger charge is -2.20. The Morgan fingerprint density at radius 1 is 1.05 bits per heavy atom. The fraction of sp³-hybridized carbons (Fsp3) is 0.227. The molecule has 0 aliphatic heterocycles. The molecule has 0 saturated heterocycles. The second kappa shape index (κ2) is 10.6. The van der Waals surface area contributed by atoms with Gasteiger partial charge in [0.25, 0.3) is 0 Å². The molecule has 0 aliphatic carbocycles. The van der Waals surface area contributed by atoms with Crippen LogP contribution in [0.5, 0.6) is 5.75 Å². The number of rotatable bonds is 6. The topological polar surface area (TPSA) is 96.7 Å². The average Bonchev–Trinajstić information content (AvgIpc) is 2.78. The zero-order valence-corrected chi connectivity index (χ0v) is 20.2. The molecule has 2 heterocycles. The Morgan fingerprint density at radius 3 is 2.34 bits per heavy atom. The molecule has 0 spiro atoms. The van der Waals surface area contributed by atoms with Crippen LogP contribution in [-0.4, -0.2) is 40.0 Å². The highest BCUT2D eigenvalue weighted by atomic mass is 32.3. The molecule has 0 radical (unpaired) electrons. The van der Waals surface area contributed by atoms with Crippen molar-refractivity contribution >= 4 is 27.6 Å². The van der Waals surface area contributed by atoms with Gasteiger partial charge in [-0.1, -0.05) is 0 Å². The number of methoxy groups -OCH3 is 1. The van der Waals surface area contributed by atoms with Crippen molar-refractivity contribution in [3.05, 3.63) is 65.5 Å². The highest BCUT2D eigenvalue weighted by Crippen LogP contribution is 2.35. The number of alkyl halides is 6.